The zero-order valence-corrected chi connectivity index (χ0v) is 6.73. The maximum atomic E-state index is 13.2. The quantitative estimate of drug-likeness (QED) is 0.622. The standard InChI is InChI=1S/C9H7F2NO/c10-6-3-5-4(1-2-7(5)13)8(11)9(6)12/h3H,1-2,12H2. The van der Waals surface area contributed by atoms with Crippen LogP contribution in [0, 0.1) is 11.6 Å². The Morgan fingerprint density at radius 3 is 2.69 bits per heavy atom. The summed E-state index contributed by atoms with van der Waals surface area (Å²) >= 11 is 0. The van der Waals surface area contributed by atoms with Gasteiger partial charge in [-0.25, -0.2) is 8.78 Å². The molecule has 0 aliphatic heterocycles. The van der Waals surface area contributed by atoms with Crippen LogP contribution >= 0.6 is 0 Å². The SMILES string of the molecule is Nc1c(F)cc2c(c1F)CCC2=O. The van der Waals surface area contributed by atoms with E-state index in [9.17, 15) is 13.6 Å². The fraction of sp³-hybridized carbons (Fsp3) is 0.222. The lowest BCUT2D eigenvalue weighted by molar-refractivity contribution is 0.0994. The summed E-state index contributed by atoms with van der Waals surface area (Å²) in [6.07, 6.45) is 0.569. The van der Waals surface area contributed by atoms with E-state index in [2.05, 4.69) is 0 Å². The second kappa shape index (κ2) is 2.52. The highest BCUT2D eigenvalue weighted by atomic mass is 19.1. The summed E-state index contributed by atoms with van der Waals surface area (Å²) in [6, 6.07) is 1.02. The van der Waals surface area contributed by atoms with E-state index in [-0.39, 0.29) is 23.3 Å². The van der Waals surface area contributed by atoms with Gasteiger partial charge in [0.1, 0.15) is 11.5 Å². The fourth-order valence-electron chi connectivity index (χ4n) is 1.54. The van der Waals surface area contributed by atoms with Crippen LogP contribution in [0.25, 0.3) is 0 Å². The fourth-order valence-corrected chi connectivity index (χ4v) is 1.54. The minimum Gasteiger partial charge on any atom is -0.394 e. The third-order valence-electron chi connectivity index (χ3n) is 2.26. The second-order valence-electron chi connectivity index (χ2n) is 3.04. The van der Waals surface area contributed by atoms with Crippen molar-refractivity contribution in [2.24, 2.45) is 0 Å². The Kier molecular flexibility index (Phi) is 1.58. The molecule has 2 nitrogen and oxygen atoms in total. The van der Waals surface area contributed by atoms with Gasteiger partial charge >= 0.3 is 0 Å². The van der Waals surface area contributed by atoms with Crippen molar-refractivity contribution in [3.05, 3.63) is 28.8 Å². The van der Waals surface area contributed by atoms with E-state index in [1.54, 1.807) is 0 Å². The van der Waals surface area contributed by atoms with Crippen LogP contribution in [-0.4, -0.2) is 5.78 Å². The maximum absolute atomic E-state index is 13.2. The van der Waals surface area contributed by atoms with Crippen molar-refractivity contribution in [2.75, 3.05) is 5.73 Å². The number of carbonyl (C=O) groups excluding carboxylic acids is 1. The number of rotatable bonds is 0. The molecule has 0 radical (unpaired) electrons. The van der Waals surface area contributed by atoms with Gasteiger partial charge in [0, 0.05) is 17.5 Å². The highest BCUT2D eigenvalue weighted by Crippen LogP contribution is 2.29. The first-order chi connectivity index (χ1) is 6.11. The number of Topliss-reactive ketones (excluding diaryl/α,β-unsaturated/α-hetero) is 1. The number of hydrogen-bond acceptors (Lipinski definition) is 2. The maximum Gasteiger partial charge on any atom is 0.163 e. The third-order valence-corrected chi connectivity index (χ3v) is 2.26. The monoisotopic (exact) mass is 183 g/mol. The van der Waals surface area contributed by atoms with Crippen LogP contribution in [0.1, 0.15) is 22.3 Å². The number of nitrogen functional groups attached to an aromatic ring is 1. The molecule has 1 aliphatic rings. The number of fused-ring (bicyclic) bond motifs is 1. The number of benzene rings is 1. The Hall–Kier alpha value is -1.45. The molecule has 1 aromatic rings. The average molecular weight is 183 g/mol. The van der Waals surface area contributed by atoms with Gasteiger partial charge in [-0.15, -0.1) is 0 Å². The van der Waals surface area contributed by atoms with Crippen molar-refractivity contribution in [3.63, 3.8) is 0 Å². The first-order valence-electron chi connectivity index (χ1n) is 3.91. The molecule has 1 aliphatic carbocycles. The van der Waals surface area contributed by atoms with Crippen molar-refractivity contribution in [3.8, 4) is 0 Å². The van der Waals surface area contributed by atoms with Crippen molar-refractivity contribution in [1.29, 1.82) is 0 Å². The molecule has 0 spiro atoms. The molecule has 0 saturated carbocycles. The molecular formula is C9H7F2NO. The van der Waals surface area contributed by atoms with E-state index in [1.165, 1.54) is 0 Å². The number of nitrogens with two attached hydrogens (primary N) is 1. The van der Waals surface area contributed by atoms with Gasteiger partial charge in [0.15, 0.2) is 11.6 Å². The topological polar surface area (TPSA) is 43.1 Å². The summed E-state index contributed by atoms with van der Waals surface area (Å²) < 4.78 is 26.1. The Balaban J connectivity index is 2.74. The normalized spacial score (nSPS) is 14.8. The summed E-state index contributed by atoms with van der Waals surface area (Å²) in [5.41, 5.74) is 5.04. The first-order valence-corrected chi connectivity index (χ1v) is 3.91. The summed E-state index contributed by atoms with van der Waals surface area (Å²) in [7, 11) is 0. The molecule has 0 fully saturated rings. The van der Waals surface area contributed by atoms with Gasteiger partial charge < -0.3 is 5.73 Å². The van der Waals surface area contributed by atoms with E-state index in [0.29, 0.717) is 6.42 Å². The predicted molar refractivity (Wildman–Crippen MR) is 43.4 cm³/mol. The minimum atomic E-state index is -0.855. The van der Waals surface area contributed by atoms with E-state index < -0.39 is 17.3 Å². The molecule has 68 valence electrons. The van der Waals surface area contributed by atoms with Crippen LogP contribution in [-0.2, 0) is 6.42 Å². The van der Waals surface area contributed by atoms with E-state index >= 15 is 0 Å². The minimum absolute atomic E-state index is 0.143. The zero-order chi connectivity index (χ0) is 9.59. The third kappa shape index (κ3) is 1.02. The van der Waals surface area contributed by atoms with Crippen molar-refractivity contribution < 1.29 is 13.6 Å². The van der Waals surface area contributed by atoms with Crippen molar-refractivity contribution in [2.45, 2.75) is 12.8 Å². The molecule has 2 rings (SSSR count). The molecule has 0 bridgehead atoms. The average Bonchev–Trinajstić information content (AvgIpc) is 2.45. The van der Waals surface area contributed by atoms with Crippen LogP contribution in [0.2, 0.25) is 0 Å². The largest absolute Gasteiger partial charge is 0.394 e. The van der Waals surface area contributed by atoms with Crippen LogP contribution in [0.15, 0.2) is 6.07 Å². The summed E-state index contributed by atoms with van der Waals surface area (Å²) in [4.78, 5) is 11.1. The molecular weight excluding hydrogens is 176 g/mol. The van der Waals surface area contributed by atoms with Crippen LogP contribution in [0.3, 0.4) is 0 Å². The molecule has 13 heavy (non-hydrogen) atoms. The van der Waals surface area contributed by atoms with E-state index in [4.69, 9.17) is 5.73 Å². The Labute approximate surface area is 73.4 Å². The lowest BCUT2D eigenvalue weighted by atomic mass is 10.1. The van der Waals surface area contributed by atoms with Gasteiger partial charge in [0.25, 0.3) is 0 Å². The molecule has 0 atom stereocenters. The molecule has 0 amide bonds. The number of halogens is 2. The molecule has 0 saturated heterocycles. The molecule has 0 aromatic heterocycles. The Morgan fingerprint density at radius 1 is 1.31 bits per heavy atom. The lowest BCUT2D eigenvalue weighted by Gasteiger charge is -2.03. The van der Waals surface area contributed by atoms with Crippen molar-refractivity contribution in [1.82, 2.24) is 0 Å². The lowest BCUT2D eigenvalue weighted by Crippen LogP contribution is -2.02. The van der Waals surface area contributed by atoms with Crippen LogP contribution in [0.5, 0.6) is 0 Å². The molecule has 2 N–H and O–H groups in total. The van der Waals surface area contributed by atoms with Gasteiger partial charge in [0.05, 0.1) is 0 Å². The van der Waals surface area contributed by atoms with E-state index in [1.807, 2.05) is 0 Å². The zero-order valence-electron chi connectivity index (χ0n) is 6.73. The van der Waals surface area contributed by atoms with Gasteiger partial charge in [-0.3, -0.25) is 4.79 Å². The number of anilines is 1. The number of hydrogen-bond donors (Lipinski definition) is 1. The Bertz CT molecular complexity index is 401. The summed E-state index contributed by atoms with van der Waals surface area (Å²) in [5, 5.41) is 0. The predicted octanol–water partition coefficient (Wildman–Crippen LogP) is 1.68. The second-order valence-corrected chi connectivity index (χ2v) is 3.04. The molecule has 1 aromatic carbocycles. The Morgan fingerprint density at radius 2 is 2.00 bits per heavy atom. The highest BCUT2D eigenvalue weighted by Gasteiger charge is 2.25. The van der Waals surface area contributed by atoms with Gasteiger partial charge in [0.2, 0.25) is 0 Å². The van der Waals surface area contributed by atoms with Crippen LogP contribution in [0.4, 0.5) is 14.5 Å². The summed E-state index contributed by atoms with van der Waals surface area (Å²) in [5.74, 6) is -1.85. The molecule has 4 heteroatoms. The number of ketones is 1. The van der Waals surface area contributed by atoms with Crippen molar-refractivity contribution >= 4 is 11.5 Å². The van der Waals surface area contributed by atoms with Gasteiger partial charge in [-0.05, 0) is 12.5 Å². The molecule has 0 heterocycles. The molecule has 0 unspecified atom stereocenters. The highest BCUT2D eigenvalue weighted by molar-refractivity contribution is 6.00. The van der Waals surface area contributed by atoms with Crippen LogP contribution < -0.4 is 5.73 Å². The first kappa shape index (κ1) is 8.16. The van der Waals surface area contributed by atoms with E-state index in [0.717, 1.165) is 6.07 Å². The number of carbonyl (C=O) groups is 1. The smallest absolute Gasteiger partial charge is 0.163 e. The van der Waals surface area contributed by atoms with Gasteiger partial charge in [-0.2, -0.15) is 0 Å². The van der Waals surface area contributed by atoms with Gasteiger partial charge in [-0.1, -0.05) is 0 Å². The summed E-state index contributed by atoms with van der Waals surface area (Å²) in [6.45, 7) is 0.